The van der Waals surface area contributed by atoms with E-state index in [1.54, 1.807) is 12.3 Å². The van der Waals surface area contributed by atoms with Crippen molar-refractivity contribution in [1.29, 1.82) is 0 Å². The number of aromatic nitrogens is 1. The van der Waals surface area contributed by atoms with E-state index in [2.05, 4.69) is 4.98 Å². The second-order valence-electron chi connectivity index (χ2n) is 5.76. The number of amides is 1. The van der Waals surface area contributed by atoms with E-state index in [1.807, 2.05) is 0 Å². The Balaban J connectivity index is 1.81. The fourth-order valence-electron chi connectivity index (χ4n) is 3.20. The molecule has 1 aliphatic rings. The van der Waals surface area contributed by atoms with Gasteiger partial charge in [-0.1, -0.05) is 0 Å². The molecule has 2 atom stereocenters. The van der Waals surface area contributed by atoms with Crippen LogP contribution >= 0.6 is 0 Å². The number of halogens is 1. The summed E-state index contributed by atoms with van der Waals surface area (Å²) in [6.45, 7) is 1.49. The molecule has 0 aliphatic carbocycles. The first-order valence-electron chi connectivity index (χ1n) is 7.36. The van der Waals surface area contributed by atoms with E-state index in [-0.39, 0.29) is 18.4 Å². The number of fused-ring (bicyclic) bond motifs is 1. The number of ether oxygens (including phenoxy) is 1. The third kappa shape index (κ3) is 3.13. The molecule has 1 aliphatic heterocycles. The van der Waals surface area contributed by atoms with Crippen LogP contribution in [0.2, 0.25) is 0 Å². The first-order chi connectivity index (χ1) is 10.9. The van der Waals surface area contributed by atoms with E-state index in [0.717, 1.165) is 10.9 Å². The lowest BCUT2D eigenvalue weighted by Gasteiger charge is -2.20. The molecule has 1 saturated heterocycles. The highest BCUT2D eigenvalue weighted by atomic mass is 19.1. The van der Waals surface area contributed by atoms with Gasteiger partial charge in [-0.2, -0.15) is 0 Å². The summed E-state index contributed by atoms with van der Waals surface area (Å²) in [4.78, 5) is 26.8. The van der Waals surface area contributed by atoms with E-state index in [9.17, 15) is 19.1 Å². The van der Waals surface area contributed by atoms with E-state index >= 15 is 0 Å². The molecule has 6 nitrogen and oxygen atoms in total. The second kappa shape index (κ2) is 5.91. The van der Waals surface area contributed by atoms with Gasteiger partial charge >= 0.3 is 12.1 Å². The molecule has 1 aromatic carbocycles. The summed E-state index contributed by atoms with van der Waals surface area (Å²) >= 11 is 0. The van der Waals surface area contributed by atoms with Gasteiger partial charge < -0.3 is 19.7 Å². The third-order valence-corrected chi connectivity index (χ3v) is 4.14. The number of carboxylic acid groups (broad SMARTS) is 1. The first kappa shape index (κ1) is 15.3. The van der Waals surface area contributed by atoms with Gasteiger partial charge in [0.2, 0.25) is 0 Å². The van der Waals surface area contributed by atoms with Crippen LogP contribution in [0.15, 0.2) is 24.4 Å². The van der Waals surface area contributed by atoms with Crippen molar-refractivity contribution in [2.24, 2.45) is 0 Å². The molecule has 7 heteroatoms. The molecule has 0 spiro atoms. The van der Waals surface area contributed by atoms with E-state index < -0.39 is 18.2 Å². The van der Waals surface area contributed by atoms with Gasteiger partial charge in [0.25, 0.3) is 0 Å². The Labute approximate surface area is 131 Å². The molecular weight excluding hydrogens is 303 g/mol. The van der Waals surface area contributed by atoms with Gasteiger partial charge in [0.15, 0.2) is 0 Å². The summed E-state index contributed by atoms with van der Waals surface area (Å²) in [6, 6.07) is 4.19. The number of hydrogen-bond acceptors (Lipinski definition) is 3. The quantitative estimate of drug-likeness (QED) is 0.851. The van der Waals surface area contributed by atoms with Crippen molar-refractivity contribution < 1.29 is 23.8 Å². The van der Waals surface area contributed by atoms with Crippen molar-refractivity contribution in [1.82, 2.24) is 9.88 Å². The predicted octanol–water partition coefficient (Wildman–Crippen LogP) is 2.53. The van der Waals surface area contributed by atoms with E-state index in [1.165, 1.54) is 24.0 Å². The fourth-order valence-corrected chi connectivity index (χ4v) is 3.20. The summed E-state index contributed by atoms with van der Waals surface area (Å²) in [5.74, 6) is -0.739. The number of likely N-dealkylation sites (tertiary alicyclic amines) is 1. The Morgan fingerprint density at radius 2 is 2.26 bits per heavy atom. The van der Waals surface area contributed by atoms with Crippen molar-refractivity contribution >= 4 is 23.0 Å². The van der Waals surface area contributed by atoms with Crippen LogP contribution in [0.4, 0.5) is 9.18 Å². The minimum Gasteiger partial charge on any atom is -0.465 e. The number of esters is 1. The Kier molecular flexibility index (Phi) is 3.94. The topological polar surface area (TPSA) is 82.6 Å². The second-order valence-corrected chi connectivity index (χ2v) is 5.76. The highest BCUT2D eigenvalue weighted by Gasteiger charge is 2.37. The number of carbonyl (C=O) groups is 2. The summed E-state index contributed by atoms with van der Waals surface area (Å²) in [7, 11) is 0. The molecule has 1 aromatic heterocycles. The normalized spacial score (nSPS) is 20.9. The Hall–Kier alpha value is -2.57. The first-order valence-corrected chi connectivity index (χ1v) is 7.36. The lowest BCUT2D eigenvalue weighted by atomic mass is 10.0. The van der Waals surface area contributed by atoms with Crippen molar-refractivity contribution in [3.63, 3.8) is 0 Å². The zero-order valence-electron chi connectivity index (χ0n) is 12.6. The zero-order valence-corrected chi connectivity index (χ0v) is 12.6. The van der Waals surface area contributed by atoms with Crippen molar-refractivity contribution in [3.8, 4) is 0 Å². The summed E-state index contributed by atoms with van der Waals surface area (Å²) < 4.78 is 18.4. The minimum atomic E-state index is -1.03. The molecule has 1 amide bonds. The zero-order chi connectivity index (χ0) is 16.6. The van der Waals surface area contributed by atoms with Gasteiger partial charge in [-0.05, 0) is 30.2 Å². The average molecular weight is 320 g/mol. The molecule has 2 unspecified atom stereocenters. The van der Waals surface area contributed by atoms with Gasteiger partial charge in [-0.15, -0.1) is 0 Å². The number of benzene rings is 1. The minimum absolute atomic E-state index is 0.177. The van der Waals surface area contributed by atoms with Crippen molar-refractivity contribution in [3.05, 3.63) is 35.8 Å². The predicted molar refractivity (Wildman–Crippen MR) is 80.7 cm³/mol. The van der Waals surface area contributed by atoms with Gasteiger partial charge in [-0.25, -0.2) is 9.18 Å². The number of nitrogens with one attached hydrogen (secondary N) is 1. The van der Waals surface area contributed by atoms with Gasteiger partial charge in [0, 0.05) is 36.5 Å². The molecule has 2 aromatic rings. The number of hydrogen-bond donors (Lipinski definition) is 2. The average Bonchev–Trinajstić information content (AvgIpc) is 3.03. The number of H-pyrrole nitrogens is 1. The Morgan fingerprint density at radius 1 is 1.48 bits per heavy atom. The van der Waals surface area contributed by atoms with Crippen LogP contribution in [-0.2, 0) is 16.0 Å². The summed E-state index contributed by atoms with van der Waals surface area (Å²) in [5.41, 5.74) is 1.59. The standard InChI is InChI=1S/C16H17FN2O4/c1-9(20)23-13-6-12(19(8-13)16(21)22)4-10-7-18-15-5-11(17)2-3-14(10)15/h2-3,5,7,12-13,18H,4,6,8H2,1H3,(H,21,22). The fraction of sp³-hybridized carbons (Fsp3) is 0.375. The van der Waals surface area contributed by atoms with Gasteiger partial charge in [-0.3, -0.25) is 4.79 Å². The highest BCUT2D eigenvalue weighted by Crippen LogP contribution is 2.27. The van der Waals surface area contributed by atoms with Crippen LogP contribution < -0.4 is 0 Å². The number of nitrogens with zero attached hydrogens (tertiary/aromatic N) is 1. The highest BCUT2D eigenvalue weighted by molar-refractivity contribution is 5.83. The molecule has 0 saturated carbocycles. The van der Waals surface area contributed by atoms with Crippen molar-refractivity contribution in [2.45, 2.75) is 31.9 Å². The lowest BCUT2D eigenvalue weighted by molar-refractivity contribution is -0.145. The maximum Gasteiger partial charge on any atom is 0.407 e. The molecular formula is C16H17FN2O4. The monoisotopic (exact) mass is 320 g/mol. The van der Waals surface area contributed by atoms with Crippen LogP contribution in [0.25, 0.3) is 10.9 Å². The largest absolute Gasteiger partial charge is 0.465 e. The van der Waals surface area contributed by atoms with Crippen LogP contribution in [-0.4, -0.2) is 45.7 Å². The Morgan fingerprint density at radius 3 is 2.96 bits per heavy atom. The number of aromatic amines is 1. The molecule has 122 valence electrons. The smallest absolute Gasteiger partial charge is 0.407 e. The number of rotatable bonds is 3. The molecule has 1 fully saturated rings. The Bertz CT molecular complexity index is 758. The molecule has 3 rings (SSSR count). The summed E-state index contributed by atoms with van der Waals surface area (Å²) in [5, 5.41) is 10.2. The SMILES string of the molecule is CC(=O)OC1CC(Cc2c[nH]c3cc(F)ccc23)N(C(=O)O)C1. The van der Waals surface area contributed by atoms with E-state index in [0.29, 0.717) is 18.4 Å². The van der Waals surface area contributed by atoms with E-state index in [4.69, 9.17) is 4.74 Å². The van der Waals surface area contributed by atoms with Crippen LogP contribution in [0.5, 0.6) is 0 Å². The van der Waals surface area contributed by atoms with Crippen LogP contribution in [0.3, 0.4) is 0 Å². The van der Waals surface area contributed by atoms with Gasteiger partial charge in [0.1, 0.15) is 11.9 Å². The molecule has 2 heterocycles. The van der Waals surface area contributed by atoms with Crippen LogP contribution in [0.1, 0.15) is 18.9 Å². The summed E-state index contributed by atoms with van der Waals surface area (Å²) in [6.07, 6.45) is 1.26. The molecule has 2 N–H and O–H groups in total. The third-order valence-electron chi connectivity index (χ3n) is 4.14. The molecule has 0 bridgehead atoms. The lowest BCUT2D eigenvalue weighted by Crippen LogP contribution is -2.36. The molecule has 23 heavy (non-hydrogen) atoms. The maximum absolute atomic E-state index is 13.2. The van der Waals surface area contributed by atoms with Gasteiger partial charge in [0.05, 0.1) is 6.54 Å². The number of carbonyl (C=O) groups excluding carboxylic acids is 1. The molecule has 0 radical (unpaired) electrons. The van der Waals surface area contributed by atoms with Crippen molar-refractivity contribution in [2.75, 3.05) is 6.54 Å². The maximum atomic E-state index is 13.2. The van der Waals surface area contributed by atoms with Crippen LogP contribution in [0, 0.1) is 5.82 Å².